The summed E-state index contributed by atoms with van der Waals surface area (Å²) in [5.74, 6) is -1.34. The highest BCUT2D eigenvalue weighted by Crippen LogP contribution is 2.21. The van der Waals surface area contributed by atoms with Crippen molar-refractivity contribution in [1.82, 2.24) is 0 Å². The smallest absolute Gasteiger partial charge is 0.303 e. The van der Waals surface area contributed by atoms with Gasteiger partial charge in [0.25, 0.3) is 0 Å². The molecule has 0 saturated carbocycles. The topological polar surface area (TPSA) is 92.4 Å². The van der Waals surface area contributed by atoms with Gasteiger partial charge in [-0.05, 0) is 24.1 Å². The number of halogens is 1. The number of nitrogens with one attached hydrogen (secondary N) is 1. The predicted molar refractivity (Wildman–Crippen MR) is 74.5 cm³/mol. The number of nitrogens with two attached hydrogens (primary N) is 1. The van der Waals surface area contributed by atoms with Crippen molar-refractivity contribution < 1.29 is 14.7 Å². The van der Waals surface area contributed by atoms with Gasteiger partial charge in [0, 0.05) is 18.7 Å². The average molecular weight is 285 g/mol. The number of rotatable bonds is 7. The highest BCUT2D eigenvalue weighted by atomic mass is 35.5. The van der Waals surface area contributed by atoms with E-state index in [2.05, 4.69) is 5.32 Å². The second-order valence-corrected chi connectivity index (χ2v) is 4.72. The summed E-state index contributed by atoms with van der Waals surface area (Å²) in [5, 5.41) is 12.1. The third-order valence-corrected chi connectivity index (χ3v) is 3.18. The molecule has 0 aliphatic carbocycles. The maximum Gasteiger partial charge on any atom is 0.303 e. The van der Waals surface area contributed by atoms with Gasteiger partial charge >= 0.3 is 5.97 Å². The molecule has 0 aliphatic heterocycles. The minimum atomic E-state index is -0.809. The van der Waals surface area contributed by atoms with Gasteiger partial charge < -0.3 is 16.2 Å². The van der Waals surface area contributed by atoms with E-state index in [0.29, 0.717) is 6.54 Å². The van der Waals surface area contributed by atoms with Crippen molar-refractivity contribution in [2.24, 2.45) is 11.7 Å². The molecule has 5 nitrogen and oxygen atoms in total. The van der Waals surface area contributed by atoms with Crippen LogP contribution in [-0.2, 0) is 4.79 Å². The van der Waals surface area contributed by atoms with Gasteiger partial charge in [-0.3, -0.25) is 9.59 Å². The molecule has 1 aromatic rings. The van der Waals surface area contributed by atoms with Crippen LogP contribution in [0.1, 0.15) is 30.1 Å². The number of hydrogen-bond donors (Lipinski definition) is 3. The van der Waals surface area contributed by atoms with E-state index in [1.165, 1.54) is 0 Å². The fourth-order valence-electron chi connectivity index (χ4n) is 1.69. The summed E-state index contributed by atoms with van der Waals surface area (Å²) in [6.45, 7) is 2.48. The lowest BCUT2D eigenvalue weighted by Gasteiger charge is -2.15. The summed E-state index contributed by atoms with van der Waals surface area (Å²) in [4.78, 5) is 21.7. The Morgan fingerprint density at radius 3 is 2.63 bits per heavy atom. The second-order valence-electron chi connectivity index (χ2n) is 4.31. The molecule has 0 spiro atoms. The summed E-state index contributed by atoms with van der Waals surface area (Å²) >= 11 is 5.92. The van der Waals surface area contributed by atoms with Gasteiger partial charge in [-0.1, -0.05) is 24.9 Å². The Labute approximate surface area is 116 Å². The standard InChI is InChI=1S/C13H17ClN2O3/c1-2-8(5-12(17)18)7-16-9-3-4-10(13(15)19)11(14)6-9/h3-4,6,8,16H,2,5,7H2,1H3,(H2,15,19)(H,17,18). The van der Waals surface area contributed by atoms with Gasteiger partial charge in [0.05, 0.1) is 10.6 Å². The number of amides is 1. The normalized spacial score (nSPS) is 11.9. The van der Waals surface area contributed by atoms with Crippen LogP contribution in [0.4, 0.5) is 5.69 Å². The zero-order chi connectivity index (χ0) is 14.4. The molecule has 1 aromatic carbocycles. The molecular weight excluding hydrogens is 268 g/mol. The second kappa shape index (κ2) is 6.99. The Kier molecular flexibility index (Phi) is 5.63. The number of carboxylic acids is 1. The quantitative estimate of drug-likeness (QED) is 0.716. The Hall–Kier alpha value is -1.75. The average Bonchev–Trinajstić information content (AvgIpc) is 2.33. The number of primary amides is 1. The van der Waals surface area contributed by atoms with Crippen molar-refractivity contribution in [3.05, 3.63) is 28.8 Å². The molecule has 6 heteroatoms. The first-order valence-electron chi connectivity index (χ1n) is 5.99. The number of carbonyl (C=O) groups is 2. The molecule has 0 radical (unpaired) electrons. The van der Waals surface area contributed by atoms with Crippen molar-refractivity contribution in [3.8, 4) is 0 Å². The third kappa shape index (κ3) is 4.79. The van der Waals surface area contributed by atoms with Crippen LogP contribution in [0, 0.1) is 5.92 Å². The molecule has 0 saturated heterocycles. The number of benzene rings is 1. The van der Waals surface area contributed by atoms with Crippen LogP contribution in [-0.4, -0.2) is 23.5 Å². The largest absolute Gasteiger partial charge is 0.481 e. The molecule has 0 fully saturated rings. The fraction of sp³-hybridized carbons (Fsp3) is 0.385. The van der Waals surface area contributed by atoms with Crippen LogP contribution in [0.15, 0.2) is 18.2 Å². The Morgan fingerprint density at radius 1 is 1.47 bits per heavy atom. The molecule has 1 atom stereocenters. The molecule has 0 aromatic heterocycles. The number of carboxylic acid groups (broad SMARTS) is 1. The molecule has 19 heavy (non-hydrogen) atoms. The minimum absolute atomic E-state index is 0.0482. The summed E-state index contributed by atoms with van der Waals surface area (Å²) in [6, 6.07) is 4.85. The lowest BCUT2D eigenvalue weighted by molar-refractivity contribution is -0.138. The van der Waals surface area contributed by atoms with Crippen LogP contribution in [0.5, 0.6) is 0 Å². The van der Waals surface area contributed by atoms with E-state index >= 15 is 0 Å². The van der Waals surface area contributed by atoms with Gasteiger partial charge in [0.1, 0.15) is 0 Å². The maximum absolute atomic E-state index is 11.0. The predicted octanol–water partition coefficient (Wildman–Crippen LogP) is 2.35. The van der Waals surface area contributed by atoms with Gasteiger partial charge in [-0.2, -0.15) is 0 Å². The lowest BCUT2D eigenvalue weighted by Crippen LogP contribution is -2.17. The first-order chi connectivity index (χ1) is 8.93. The van der Waals surface area contributed by atoms with Crippen LogP contribution in [0.3, 0.4) is 0 Å². The first kappa shape index (κ1) is 15.3. The van der Waals surface area contributed by atoms with Crippen molar-refractivity contribution in [2.45, 2.75) is 19.8 Å². The van der Waals surface area contributed by atoms with Crippen LogP contribution >= 0.6 is 11.6 Å². The van der Waals surface area contributed by atoms with Gasteiger partial charge in [0.2, 0.25) is 5.91 Å². The number of carbonyl (C=O) groups excluding carboxylic acids is 1. The van der Waals surface area contributed by atoms with Crippen LogP contribution in [0.2, 0.25) is 5.02 Å². The highest BCUT2D eigenvalue weighted by molar-refractivity contribution is 6.34. The molecule has 0 heterocycles. The van der Waals surface area contributed by atoms with Gasteiger partial charge in [-0.25, -0.2) is 0 Å². The maximum atomic E-state index is 11.0. The molecule has 1 rings (SSSR count). The van der Waals surface area contributed by atoms with E-state index < -0.39 is 11.9 Å². The van der Waals surface area contributed by atoms with Crippen LogP contribution < -0.4 is 11.1 Å². The molecule has 0 bridgehead atoms. The minimum Gasteiger partial charge on any atom is -0.481 e. The number of anilines is 1. The summed E-state index contributed by atoms with van der Waals surface area (Å²) in [7, 11) is 0. The zero-order valence-electron chi connectivity index (χ0n) is 10.6. The van der Waals surface area contributed by atoms with E-state index in [9.17, 15) is 9.59 Å². The van der Waals surface area contributed by atoms with Gasteiger partial charge in [-0.15, -0.1) is 0 Å². The highest BCUT2D eigenvalue weighted by Gasteiger charge is 2.12. The van der Waals surface area contributed by atoms with Crippen molar-refractivity contribution in [3.63, 3.8) is 0 Å². The van der Waals surface area contributed by atoms with E-state index in [4.69, 9.17) is 22.4 Å². The molecule has 4 N–H and O–H groups in total. The molecular formula is C13H17ClN2O3. The molecule has 1 amide bonds. The van der Waals surface area contributed by atoms with Crippen molar-refractivity contribution in [1.29, 1.82) is 0 Å². The summed E-state index contributed by atoms with van der Waals surface area (Å²) in [6.07, 6.45) is 0.892. The van der Waals surface area contributed by atoms with E-state index in [-0.39, 0.29) is 22.9 Å². The van der Waals surface area contributed by atoms with E-state index in [0.717, 1.165) is 12.1 Å². The zero-order valence-corrected chi connectivity index (χ0v) is 11.4. The molecule has 1 unspecified atom stereocenters. The third-order valence-electron chi connectivity index (χ3n) is 2.87. The van der Waals surface area contributed by atoms with Crippen LogP contribution in [0.25, 0.3) is 0 Å². The fourth-order valence-corrected chi connectivity index (χ4v) is 1.97. The summed E-state index contributed by atoms with van der Waals surface area (Å²) < 4.78 is 0. The Bertz CT molecular complexity index is 477. The monoisotopic (exact) mass is 284 g/mol. The molecule has 104 valence electrons. The van der Waals surface area contributed by atoms with E-state index in [1.54, 1.807) is 18.2 Å². The SMILES string of the molecule is CCC(CNc1ccc(C(N)=O)c(Cl)c1)CC(=O)O. The molecule has 0 aliphatic rings. The summed E-state index contributed by atoms with van der Waals surface area (Å²) in [5.41, 5.74) is 6.16. The first-order valence-corrected chi connectivity index (χ1v) is 6.36. The number of aliphatic carboxylic acids is 1. The lowest BCUT2D eigenvalue weighted by atomic mass is 10.0. The van der Waals surface area contributed by atoms with Crippen molar-refractivity contribution in [2.75, 3.05) is 11.9 Å². The van der Waals surface area contributed by atoms with Gasteiger partial charge in [0.15, 0.2) is 0 Å². The van der Waals surface area contributed by atoms with E-state index in [1.807, 2.05) is 6.92 Å². The Morgan fingerprint density at radius 2 is 2.16 bits per heavy atom. The van der Waals surface area contributed by atoms with Crippen molar-refractivity contribution >= 4 is 29.2 Å². The number of hydrogen-bond acceptors (Lipinski definition) is 3. The Balaban J connectivity index is 2.65.